The van der Waals surface area contributed by atoms with Crippen LogP contribution in [-0.4, -0.2) is 0 Å². The molecule has 0 N–H and O–H groups in total. The lowest BCUT2D eigenvalue weighted by Crippen LogP contribution is -1.92. The van der Waals surface area contributed by atoms with E-state index in [0.29, 0.717) is 0 Å². The van der Waals surface area contributed by atoms with Gasteiger partial charge in [0, 0.05) is 9.50 Å². The number of hydrogen-bond acceptors (Lipinski definition) is 0. The Morgan fingerprint density at radius 1 is 0.941 bits per heavy atom. The fraction of sp³-hybridized carbons (Fsp3) is 0.200. The smallest absolute Gasteiger partial charge is 0.0470 e. The molecular formula is C15H14BrCl. The van der Waals surface area contributed by atoms with Gasteiger partial charge in [-0.05, 0) is 60.7 Å². The summed E-state index contributed by atoms with van der Waals surface area (Å²) in [4.78, 5) is 0. The minimum Gasteiger partial charge on any atom is -0.0837 e. The molecule has 17 heavy (non-hydrogen) atoms. The normalized spacial score (nSPS) is 10.6. The molecule has 0 saturated carbocycles. The van der Waals surface area contributed by atoms with Crippen molar-refractivity contribution in [1.82, 2.24) is 0 Å². The van der Waals surface area contributed by atoms with Gasteiger partial charge in [0.1, 0.15) is 0 Å². The summed E-state index contributed by atoms with van der Waals surface area (Å²) in [7, 11) is 0. The van der Waals surface area contributed by atoms with Crippen LogP contribution in [0.3, 0.4) is 0 Å². The van der Waals surface area contributed by atoms with E-state index >= 15 is 0 Å². The first kappa shape index (κ1) is 12.7. The van der Waals surface area contributed by atoms with E-state index in [9.17, 15) is 0 Å². The third-order valence-electron chi connectivity index (χ3n) is 3.01. The van der Waals surface area contributed by atoms with Crippen LogP contribution in [0, 0.1) is 20.8 Å². The standard InChI is InChI=1S/C15H14BrCl/c1-9-8-10(2)15(17)11(3)14(9)12-4-6-13(16)7-5-12/h4-8H,1-3H3. The molecule has 0 aliphatic rings. The van der Waals surface area contributed by atoms with Gasteiger partial charge in [-0.1, -0.05) is 45.7 Å². The van der Waals surface area contributed by atoms with E-state index in [-0.39, 0.29) is 0 Å². The van der Waals surface area contributed by atoms with Crippen LogP contribution in [0.2, 0.25) is 5.02 Å². The molecule has 0 aromatic heterocycles. The van der Waals surface area contributed by atoms with Crippen LogP contribution in [-0.2, 0) is 0 Å². The van der Waals surface area contributed by atoms with Crippen molar-refractivity contribution >= 4 is 27.5 Å². The van der Waals surface area contributed by atoms with Crippen molar-refractivity contribution < 1.29 is 0 Å². The van der Waals surface area contributed by atoms with Gasteiger partial charge >= 0.3 is 0 Å². The van der Waals surface area contributed by atoms with Crippen LogP contribution in [0.15, 0.2) is 34.8 Å². The zero-order chi connectivity index (χ0) is 12.6. The van der Waals surface area contributed by atoms with Gasteiger partial charge in [-0.15, -0.1) is 0 Å². The fourth-order valence-corrected chi connectivity index (χ4v) is 2.64. The first-order valence-corrected chi connectivity index (χ1v) is 6.70. The van der Waals surface area contributed by atoms with Crippen molar-refractivity contribution in [2.45, 2.75) is 20.8 Å². The monoisotopic (exact) mass is 308 g/mol. The highest BCUT2D eigenvalue weighted by Crippen LogP contribution is 2.34. The predicted octanol–water partition coefficient (Wildman–Crippen LogP) is 5.69. The molecule has 0 bridgehead atoms. The van der Waals surface area contributed by atoms with Gasteiger partial charge in [0.2, 0.25) is 0 Å². The third-order valence-corrected chi connectivity index (χ3v) is 4.12. The average Bonchev–Trinajstić information content (AvgIpc) is 2.29. The van der Waals surface area contributed by atoms with Gasteiger partial charge in [-0.2, -0.15) is 0 Å². The predicted molar refractivity (Wildman–Crippen MR) is 78.8 cm³/mol. The van der Waals surface area contributed by atoms with Crippen LogP contribution in [0.4, 0.5) is 0 Å². The summed E-state index contributed by atoms with van der Waals surface area (Å²) in [6.45, 7) is 6.26. The maximum Gasteiger partial charge on any atom is 0.0470 e. The molecule has 88 valence electrons. The molecule has 0 aliphatic carbocycles. The Balaban J connectivity index is 2.67. The van der Waals surface area contributed by atoms with Crippen molar-refractivity contribution in [3.8, 4) is 11.1 Å². The van der Waals surface area contributed by atoms with Gasteiger partial charge in [-0.3, -0.25) is 0 Å². The number of rotatable bonds is 1. The molecule has 0 unspecified atom stereocenters. The van der Waals surface area contributed by atoms with Crippen molar-refractivity contribution in [3.63, 3.8) is 0 Å². The molecule has 0 fully saturated rings. The first-order valence-electron chi connectivity index (χ1n) is 5.53. The minimum absolute atomic E-state index is 0.869. The lowest BCUT2D eigenvalue weighted by molar-refractivity contribution is 1.32. The first-order chi connectivity index (χ1) is 8.00. The molecule has 2 aromatic carbocycles. The quantitative estimate of drug-likeness (QED) is 0.634. The molecule has 0 spiro atoms. The highest BCUT2D eigenvalue weighted by Gasteiger charge is 2.10. The number of halogens is 2. The minimum atomic E-state index is 0.869. The maximum absolute atomic E-state index is 6.33. The van der Waals surface area contributed by atoms with E-state index in [2.05, 4.69) is 60.1 Å². The largest absolute Gasteiger partial charge is 0.0837 e. The van der Waals surface area contributed by atoms with Crippen molar-refractivity contribution in [2.24, 2.45) is 0 Å². The Kier molecular flexibility index (Phi) is 3.60. The van der Waals surface area contributed by atoms with Crippen LogP contribution in [0.25, 0.3) is 11.1 Å². The second-order valence-corrected chi connectivity index (χ2v) is 5.62. The molecule has 0 amide bonds. The zero-order valence-electron chi connectivity index (χ0n) is 10.1. The van der Waals surface area contributed by atoms with E-state index in [1.54, 1.807) is 0 Å². The van der Waals surface area contributed by atoms with Crippen LogP contribution < -0.4 is 0 Å². The van der Waals surface area contributed by atoms with E-state index in [1.807, 2.05) is 6.92 Å². The summed E-state index contributed by atoms with van der Waals surface area (Å²) in [6, 6.07) is 10.5. The summed E-state index contributed by atoms with van der Waals surface area (Å²) in [5.74, 6) is 0. The molecule has 0 saturated heterocycles. The molecule has 2 heteroatoms. The molecule has 2 rings (SSSR count). The van der Waals surface area contributed by atoms with Gasteiger partial charge in [0.05, 0.1) is 0 Å². The highest BCUT2D eigenvalue weighted by atomic mass is 79.9. The molecular weight excluding hydrogens is 296 g/mol. The van der Waals surface area contributed by atoms with E-state index in [1.165, 1.54) is 16.7 Å². The Labute approximate surface area is 116 Å². The number of aryl methyl sites for hydroxylation is 2. The fourth-order valence-electron chi connectivity index (χ4n) is 2.22. The lowest BCUT2D eigenvalue weighted by Gasteiger charge is -2.14. The van der Waals surface area contributed by atoms with Crippen LogP contribution in [0.1, 0.15) is 16.7 Å². The van der Waals surface area contributed by atoms with Crippen molar-refractivity contribution in [1.29, 1.82) is 0 Å². The summed E-state index contributed by atoms with van der Waals surface area (Å²) in [5.41, 5.74) is 6.03. The van der Waals surface area contributed by atoms with Crippen molar-refractivity contribution in [3.05, 3.63) is 56.5 Å². The summed E-state index contributed by atoms with van der Waals surface area (Å²) in [5, 5.41) is 0.869. The summed E-state index contributed by atoms with van der Waals surface area (Å²) < 4.78 is 1.09. The maximum atomic E-state index is 6.33. The average molecular weight is 310 g/mol. The molecule has 2 aromatic rings. The molecule has 0 atom stereocenters. The summed E-state index contributed by atoms with van der Waals surface area (Å²) >= 11 is 9.78. The molecule has 0 nitrogen and oxygen atoms in total. The van der Waals surface area contributed by atoms with Gasteiger partial charge in [-0.25, -0.2) is 0 Å². The van der Waals surface area contributed by atoms with Crippen LogP contribution >= 0.6 is 27.5 Å². The third kappa shape index (κ3) is 2.41. The molecule has 0 aliphatic heterocycles. The summed E-state index contributed by atoms with van der Waals surface area (Å²) in [6.07, 6.45) is 0. The Morgan fingerprint density at radius 3 is 2.12 bits per heavy atom. The zero-order valence-corrected chi connectivity index (χ0v) is 12.5. The van der Waals surface area contributed by atoms with Crippen molar-refractivity contribution in [2.75, 3.05) is 0 Å². The molecule has 0 heterocycles. The SMILES string of the molecule is Cc1cc(C)c(-c2ccc(Br)cc2)c(C)c1Cl. The Morgan fingerprint density at radius 2 is 1.53 bits per heavy atom. The second kappa shape index (κ2) is 4.83. The van der Waals surface area contributed by atoms with E-state index in [4.69, 9.17) is 11.6 Å². The van der Waals surface area contributed by atoms with Gasteiger partial charge in [0.25, 0.3) is 0 Å². The van der Waals surface area contributed by atoms with E-state index < -0.39 is 0 Å². The Hall–Kier alpha value is -0.790. The number of benzene rings is 2. The topological polar surface area (TPSA) is 0 Å². The molecule has 0 radical (unpaired) electrons. The van der Waals surface area contributed by atoms with Gasteiger partial charge < -0.3 is 0 Å². The number of hydrogen-bond donors (Lipinski definition) is 0. The Bertz CT molecular complexity index is 556. The van der Waals surface area contributed by atoms with E-state index in [0.717, 1.165) is 20.6 Å². The lowest BCUT2D eigenvalue weighted by atomic mass is 9.94. The van der Waals surface area contributed by atoms with Crippen LogP contribution in [0.5, 0.6) is 0 Å². The second-order valence-electron chi connectivity index (χ2n) is 4.33. The van der Waals surface area contributed by atoms with Gasteiger partial charge in [0.15, 0.2) is 0 Å². The highest BCUT2D eigenvalue weighted by molar-refractivity contribution is 9.10.